The maximum atomic E-state index is 9.65. The molecule has 0 radical (unpaired) electrons. The third-order valence-corrected chi connectivity index (χ3v) is 3.17. The normalized spacial score (nSPS) is 39.3. The van der Waals surface area contributed by atoms with Gasteiger partial charge in [-0.1, -0.05) is 0 Å². The Hall–Kier alpha value is -0.360. The molecule has 8 unspecified atom stereocenters. The van der Waals surface area contributed by atoms with Crippen LogP contribution in [-0.4, -0.2) is 98.0 Å². The molecule has 20 heavy (non-hydrogen) atoms. The highest BCUT2D eigenvalue weighted by molar-refractivity contribution is 4.89. The monoisotopic (exact) mass is 298 g/mol. The summed E-state index contributed by atoms with van der Waals surface area (Å²) in [6.07, 6.45) is -11.2. The number of hydrogen-bond donors (Lipinski definition) is 7. The molecule has 0 aliphatic carbocycles. The van der Waals surface area contributed by atoms with Crippen molar-refractivity contribution in [1.29, 1.82) is 0 Å². The van der Waals surface area contributed by atoms with Crippen LogP contribution in [0.25, 0.3) is 0 Å². The van der Waals surface area contributed by atoms with Crippen molar-refractivity contribution < 1.29 is 45.2 Å². The molecule has 0 amide bonds. The van der Waals surface area contributed by atoms with Crippen LogP contribution in [0, 0.1) is 0 Å². The molecular formula is C11H22O9. The average molecular weight is 298 g/mol. The largest absolute Gasteiger partial charge is 0.394 e. The Kier molecular flexibility index (Phi) is 6.72. The third kappa shape index (κ3) is 4.07. The quantitative estimate of drug-likeness (QED) is 0.258. The fourth-order valence-electron chi connectivity index (χ4n) is 1.82. The van der Waals surface area contributed by atoms with Crippen LogP contribution in [0.3, 0.4) is 0 Å². The molecule has 1 aliphatic rings. The summed E-state index contributed by atoms with van der Waals surface area (Å²) < 4.78 is 10.0. The maximum absolute atomic E-state index is 9.65. The molecule has 0 aromatic rings. The van der Waals surface area contributed by atoms with Crippen molar-refractivity contribution >= 4 is 0 Å². The first-order chi connectivity index (χ1) is 9.29. The highest BCUT2D eigenvalue weighted by Gasteiger charge is 2.44. The van der Waals surface area contributed by atoms with Crippen LogP contribution < -0.4 is 0 Å². The molecule has 1 saturated heterocycles. The van der Waals surface area contributed by atoms with Gasteiger partial charge in [0.1, 0.15) is 36.6 Å². The van der Waals surface area contributed by atoms with Crippen molar-refractivity contribution in [2.45, 2.75) is 55.9 Å². The van der Waals surface area contributed by atoms with E-state index in [1.54, 1.807) is 0 Å². The van der Waals surface area contributed by atoms with Crippen LogP contribution in [0.4, 0.5) is 0 Å². The number of ether oxygens (including phenoxy) is 2. The molecule has 1 aliphatic heterocycles. The SMILES string of the molecule is CC(O)C(O)C(O)COC1OC(CO)C(O)C(O)C1O. The fourth-order valence-corrected chi connectivity index (χ4v) is 1.82. The Morgan fingerprint density at radius 2 is 1.65 bits per heavy atom. The van der Waals surface area contributed by atoms with Gasteiger partial charge in [-0.3, -0.25) is 0 Å². The minimum atomic E-state index is -1.58. The van der Waals surface area contributed by atoms with E-state index in [1.165, 1.54) is 6.92 Å². The molecule has 1 fully saturated rings. The smallest absolute Gasteiger partial charge is 0.186 e. The molecular weight excluding hydrogens is 276 g/mol. The van der Waals surface area contributed by atoms with Crippen LogP contribution in [0.5, 0.6) is 0 Å². The molecule has 0 aromatic carbocycles. The second kappa shape index (κ2) is 7.59. The van der Waals surface area contributed by atoms with Gasteiger partial charge >= 0.3 is 0 Å². The van der Waals surface area contributed by atoms with E-state index in [1.807, 2.05) is 0 Å². The van der Waals surface area contributed by atoms with E-state index in [2.05, 4.69) is 0 Å². The first kappa shape index (κ1) is 17.7. The Balaban J connectivity index is 2.54. The molecule has 1 rings (SSSR count). The molecule has 7 N–H and O–H groups in total. The molecule has 8 atom stereocenters. The van der Waals surface area contributed by atoms with Gasteiger partial charge in [0, 0.05) is 0 Å². The summed E-state index contributed by atoms with van der Waals surface area (Å²) in [5, 5.41) is 65.6. The molecule has 0 aromatic heterocycles. The summed E-state index contributed by atoms with van der Waals surface area (Å²) in [5.41, 5.74) is 0. The molecule has 9 heteroatoms. The minimum Gasteiger partial charge on any atom is -0.394 e. The van der Waals surface area contributed by atoms with Crippen molar-refractivity contribution in [3.05, 3.63) is 0 Å². The lowest BCUT2D eigenvalue weighted by molar-refractivity contribution is -0.306. The van der Waals surface area contributed by atoms with Crippen molar-refractivity contribution in [2.75, 3.05) is 13.2 Å². The lowest BCUT2D eigenvalue weighted by atomic mass is 9.99. The summed E-state index contributed by atoms with van der Waals surface area (Å²) in [5.74, 6) is 0. The van der Waals surface area contributed by atoms with Gasteiger partial charge in [-0.05, 0) is 6.92 Å². The number of rotatable bonds is 6. The maximum Gasteiger partial charge on any atom is 0.186 e. The van der Waals surface area contributed by atoms with E-state index in [9.17, 15) is 25.5 Å². The second-order valence-corrected chi connectivity index (χ2v) is 4.83. The minimum absolute atomic E-state index is 0.477. The molecule has 0 bridgehead atoms. The lowest BCUT2D eigenvalue weighted by Gasteiger charge is -2.39. The van der Waals surface area contributed by atoms with Gasteiger partial charge in [0.25, 0.3) is 0 Å². The summed E-state index contributed by atoms with van der Waals surface area (Å²) in [6, 6.07) is 0. The van der Waals surface area contributed by atoms with Crippen molar-refractivity contribution in [3.8, 4) is 0 Å². The van der Waals surface area contributed by atoms with Crippen molar-refractivity contribution in [1.82, 2.24) is 0 Å². The summed E-state index contributed by atoms with van der Waals surface area (Å²) in [7, 11) is 0. The molecule has 0 saturated carbocycles. The zero-order chi connectivity index (χ0) is 15.4. The van der Waals surface area contributed by atoms with E-state index in [0.29, 0.717) is 0 Å². The highest BCUT2D eigenvalue weighted by Crippen LogP contribution is 2.22. The topological polar surface area (TPSA) is 160 Å². The Labute approximate surface area is 115 Å². The highest BCUT2D eigenvalue weighted by atomic mass is 16.7. The predicted molar refractivity (Wildman–Crippen MR) is 63.4 cm³/mol. The Bertz CT molecular complexity index is 285. The van der Waals surface area contributed by atoms with Crippen LogP contribution >= 0.6 is 0 Å². The van der Waals surface area contributed by atoms with Crippen LogP contribution in [-0.2, 0) is 9.47 Å². The summed E-state index contributed by atoms with van der Waals surface area (Å²) >= 11 is 0. The first-order valence-electron chi connectivity index (χ1n) is 6.26. The zero-order valence-corrected chi connectivity index (χ0v) is 11.0. The van der Waals surface area contributed by atoms with E-state index in [0.717, 1.165) is 0 Å². The second-order valence-electron chi connectivity index (χ2n) is 4.83. The van der Waals surface area contributed by atoms with Crippen LogP contribution in [0.15, 0.2) is 0 Å². The van der Waals surface area contributed by atoms with Gasteiger partial charge in [-0.2, -0.15) is 0 Å². The number of hydrogen-bond acceptors (Lipinski definition) is 9. The van der Waals surface area contributed by atoms with Gasteiger partial charge in [-0.15, -0.1) is 0 Å². The predicted octanol–water partition coefficient (Wildman–Crippen LogP) is -4.09. The zero-order valence-electron chi connectivity index (χ0n) is 11.0. The summed E-state index contributed by atoms with van der Waals surface area (Å²) in [4.78, 5) is 0. The molecule has 9 nitrogen and oxygen atoms in total. The molecule has 1 heterocycles. The van der Waals surface area contributed by atoms with E-state index in [4.69, 9.17) is 19.7 Å². The first-order valence-corrected chi connectivity index (χ1v) is 6.26. The van der Waals surface area contributed by atoms with Crippen molar-refractivity contribution in [2.24, 2.45) is 0 Å². The van der Waals surface area contributed by atoms with Gasteiger partial charge in [0.2, 0.25) is 0 Å². The van der Waals surface area contributed by atoms with Crippen molar-refractivity contribution in [3.63, 3.8) is 0 Å². The average Bonchev–Trinajstić information content (AvgIpc) is 2.42. The third-order valence-electron chi connectivity index (χ3n) is 3.17. The van der Waals surface area contributed by atoms with E-state index in [-0.39, 0.29) is 0 Å². The van der Waals surface area contributed by atoms with E-state index < -0.39 is 62.2 Å². The van der Waals surface area contributed by atoms with Gasteiger partial charge in [0.05, 0.1) is 19.3 Å². The Morgan fingerprint density at radius 1 is 1.05 bits per heavy atom. The summed E-state index contributed by atoms with van der Waals surface area (Å²) in [6.45, 7) is 0.208. The van der Waals surface area contributed by atoms with E-state index >= 15 is 0 Å². The molecule has 0 spiro atoms. The fraction of sp³-hybridized carbons (Fsp3) is 1.00. The standard InChI is InChI=1S/C11H22O9/c1-4(13)7(15)5(14)3-19-11-10(18)9(17)8(16)6(2-12)20-11/h4-18H,2-3H2,1H3. The van der Waals surface area contributed by atoms with Crippen LogP contribution in [0.2, 0.25) is 0 Å². The van der Waals surface area contributed by atoms with Crippen LogP contribution in [0.1, 0.15) is 6.92 Å². The van der Waals surface area contributed by atoms with Gasteiger partial charge in [-0.25, -0.2) is 0 Å². The Morgan fingerprint density at radius 3 is 2.15 bits per heavy atom. The lowest BCUT2D eigenvalue weighted by Crippen LogP contribution is -2.59. The number of aliphatic hydroxyl groups is 7. The van der Waals surface area contributed by atoms with Gasteiger partial charge < -0.3 is 45.2 Å². The molecule has 120 valence electrons. The van der Waals surface area contributed by atoms with Gasteiger partial charge in [0.15, 0.2) is 6.29 Å². The number of aliphatic hydroxyl groups excluding tert-OH is 7.